The maximum Gasteiger partial charge on any atom is 0.337 e. The Labute approximate surface area is 159 Å². The zero-order chi connectivity index (χ0) is 18.5. The van der Waals surface area contributed by atoms with Crippen LogP contribution in [0.1, 0.15) is 10.4 Å². The second-order valence-corrected chi connectivity index (χ2v) is 5.93. The van der Waals surface area contributed by atoms with Crippen molar-refractivity contribution in [3.8, 4) is 0 Å². The van der Waals surface area contributed by atoms with Crippen LogP contribution in [-0.2, 0) is 4.74 Å². The van der Waals surface area contributed by atoms with Gasteiger partial charge in [0.15, 0.2) is 5.82 Å². The molecule has 1 heterocycles. The van der Waals surface area contributed by atoms with Crippen LogP contribution in [0.25, 0.3) is 0 Å². The summed E-state index contributed by atoms with van der Waals surface area (Å²) in [6, 6.07) is 11.9. The molecule has 132 valence electrons. The molecular weight excluding hydrogens is 377 g/mol. The van der Waals surface area contributed by atoms with E-state index in [1.165, 1.54) is 13.3 Å². The van der Waals surface area contributed by atoms with Crippen LogP contribution in [0.5, 0.6) is 0 Å². The van der Waals surface area contributed by atoms with E-state index in [0.717, 1.165) is 0 Å². The number of anilines is 4. The normalized spacial score (nSPS) is 10.3. The van der Waals surface area contributed by atoms with Gasteiger partial charge in [-0.3, -0.25) is 0 Å². The fourth-order valence-corrected chi connectivity index (χ4v) is 2.37. The highest BCUT2D eigenvalue weighted by molar-refractivity contribution is 6.42. The Kier molecular flexibility index (Phi) is 5.50. The van der Waals surface area contributed by atoms with Gasteiger partial charge in [-0.1, -0.05) is 23.2 Å². The van der Waals surface area contributed by atoms with Crippen LogP contribution in [-0.4, -0.2) is 28.3 Å². The number of aromatic nitrogens is 3. The standard InChI is InChI=1S/C17H13Cl2N5O2/c1-26-16(25)10-2-4-11(5-3-10)22-17-23-15(9-20-24-17)21-12-6-7-13(18)14(19)8-12/h2-9H,1H3,(H2,21,22,23,24). The molecule has 2 aromatic carbocycles. The fraction of sp³-hybridized carbons (Fsp3) is 0.0588. The molecule has 3 aromatic rings. The number of hydrogen-bond acceptors (Lipinski definition) is 7. The van der Waals surface area contributed by atoms with Crippen molar-refractivity contribution in [2.75, 3.05) is 17.7 Å². The summed E-state index contributed by atoms with van der Waals surface area (Å²) in [4.78, 5) is 15.8. The Morgan fingerprint density at radius 2 is 1.73 bits per heavy atom. The fourth-order valence-electron chi connectivity index (χ4n) is 2.08. The lowest BCUT2D eigenvalue weighted by Gasteiger charge is -2.08. The Bertz CT molecular complexity index is 935. The number of ether oxygens (including phenoxy) is 1. The third-order valence-electron chi connectivity index (χ3n) is 3.31. The van der Waals surface area contributed by atoms with Gasteiger partial charge in [-0.05, 0) is 42.5 Å². The zero-order valence-corrected chi connectivity index (χ0v) is 15.0. The van der Waals surface area contributed by atoms with Crippen LogP contribution in [0.3, 0.4) is 0 Å². The first-order valence-electron chi connectivity index (χ1n) is 7.42. The van der Waals surface area contributed by atoms with Crippen molar-refractivity contribution in [3.05, 3.63) is 64.3 Å². The predicted octanol–water partition coefficient (Wildman–Crippen LogP) is 4.45. The lowest BCUT2D eigenvalue weighted by molar-refractivity contribution is 0.0601. The molecule has 0 saturated heterocycles. The molecule has 0 spiro atoms. The van der Waals surface area contributed by atoms with Gasteiger partial charge in [0.1, 0.15) is 0 Å². The van der Waals surface area contributed by atoms with Crippen molar-refractivity contribution >= 4 is 52.3 Å². The quantitative estimate of drug-likeness (QED) is 0.622. The maximum atomic E-state index is 11.4. The Hall–Kier alpha value is -2.90. The van der Waals surface area contributed by atoms with E-state index in [4.69, 9.17) is 23.2 Å². The van der Waals surface area contributed by atoms with Crippen LogP contribution in [0.2, 0.25) is 10.0 Å². The van der Waals surface area contributed by atoms with Gasteiger partial charge in [0, 0.05) is 11.4 Å². The Morgan fingerprint density at radius 3 is 2.42 bits per heavy atom. The number of halogens is 2. The molecule has 0 amide bonds. The summed E-state index contributed by atoms with van der Waals surface area (Å²) in [5.74, 6) is 0.371. The van der Waals surface area contributed by atoms with Crippen molar-refractivity contribution in [1.82, 2.24) is 15.2 Å². The average Bonchev–Trinajstić information content (AvgIpc) is 2.65. The second kappa shape index (κ2) is 7.99. The number of nitrogens with one attached hydrogen (secondary N) is 2. The lowest BCUT2D eigenvalue weighted by Crippen LogP contribution is -2.03. The van der Waals surface area contributed by atoms with E-state index in [1.54, 1.807) is 42.5 Å². The molecule has 0 aliphatic rings. The molecule has 0 fully saturated rings. The van der Waals surface area contributed by atoms with Crippen LogP contribution < -0.4 is 10.6 Å². The minimum Gasteiger partial charge on any atom is -0.465 e. The summed E-state index contributed by atoms with van der Waals surface area (Å²) >= 11 is 11.9. The van der Waals surface area contributed by atoms with Gasteiger partial charge in [0.05, 0.1) is 28.9 Å². The topological polar surface area (TPSA) is 89.0 Å². The van der Waals surface area contributed by atoms with Gasteiger partial charge in [0.25, 0.3) is 0 Å². The van der Waals surface area contributed by atoms with Crippen LogP contribution in [0, 0.1) is 0 Å². The first kappa shape index (κ1) is 17.9. The molecule has 0 aliphatic carbocycles. The van der Waals surface area contributed by atoms with E-state index in [1.807, 2.05) is 0 Å². The summed E-state index contributed by atoms with van der Waals surface area (Å²) in [7, 11) is 1.33. The van der Waals surface area contributed by atoms with Crippen LogP contribution in [0.4, 0.5) is 23.1 Å². The van der Waals surface area contributed by atoms with Crippen LogP contribution in [0.15, 0.2) is 48.7 Å². The van der Waals surface area contributed by atoms with E-state index >= 15 is 0 Å². The average molecular weight is 390 g/mol. The molecule has 2 N–H and O–H groups in total. The molecule has 0 unspecified atom stereocenters. The van der Waals surface area contributed by atoms with E-state index in [0.29, 0.717) is 38.7 Å². The van der Waals surface area contributed by atoms with Crippen molar-refractivity contribution in [3.63, 3.8) is 0 Å². The highest BCUT2D eigenvalue weighted by Gasteiger charge is 2.06. The number of carbonyl (C=O) groups excluding carboxylic acids is 1. The lowest BCUT2D eigenvalue weighted by atomic mass is 10.2. The van der Waals surface area contributed by atoms with Crippen molar-refractivity contribution < 1.29 is 9.53 Å². The molecule has 0 atom stereocenters. The van der Waals surface area contributed by atoms with E-state index < -0.39 is 5.97 Å². The largest absolute Gasteiger partial charge is 0.465 e. The summed E-state index contributed by atoms with van der Waals surface area (Å²) in [6.07, 6.45) is 1.48. The maximum absolute atomic E-state index is 11.4. The molecule has 0 saturated carbocycles. The number of hydrogen-bond donors (Lipinski definition) is 2. The summed E-state index contributed by atoms with van der Waals surface area (Å²) in [5, 5.41) is 14.8. The van der Waals surface area contributed by atoms with Gasteiger partial charge < -0.3 is 15.4 Å². The molecule has 0 radical (unpaired) electrons. The number of nitrogens with zero attached hydrogens (tertiary/aromatic N) is 3. The predicted molar refractivity (Wildman–Crippen MR) is 101 cm³/mol. The molecule has 26 heavy (non-hydrogen) atoms. The number of carbonyl (C=O) groups is 1. The van der Waals surface area contributed by atoms with Gasteiger partial charge in [-0.15, -0.1) is 5.10 Å². The highest BCUT2D eigenvalue weighted by atomic mass is 35.5. The van der Waals surface area contributed by atoms with E-state index in [2.05, 4.69) is 30.6 Å². The molecule has 0 aliphatic heterocycles. The SMILES string of the molecule is COC(=O)c1ccc(Nc2nncc(Nc3ccc(Cl)c(Cl)c3)n2)cc1. The van der Waals surface area contributed by atoms with Crippen LogP contribution >= 0.6 is 23.2 Å². The van der Waals surface area contributed by atoms with Crippen molar-refractivity contribution in [2.45, 2.75) is 0 Å². The minimum absolute atomic E-state index is 0.292. The smallest absolute Gasteiger partial charge is 0.337 e. The minimum atomic E-state index is -0.401. The molecule has 3 rings (SSSR count). The van der Waals surface area contributed by atoms with Gasteiger partial charge in [-0.2, -0.15) is 10.1 Å². The highest BCUT2D eigenvalue weighted by Crippen LogP contribution is 2.26. The summed E-state index contributed by atoms with van der Waals surface area (Å²) in [5.41, 5.74) is 1.87. The summed E-state index contributed by atoms with van der Waals surface area (Å²) < 4.78 is 4.66. The number of rotatable bonds is 5. The van der Waals surface area contributed by atoms with Crippen molar-refractivity contribution in [1.29, 1.82) is 0 Å². The Morgan fingerprint density at radius 1 is 1.00 bits per heavy atom. The van der Waals surface area contributed by atoms with Gasteiger partial charge in [-0.25, -0.2) is 4.79 Å². The molecule has 9 heteroatoms. The summed E-state index contributed by atoms with van der Waals surface area (Å²) in [6.45, 7) is 0. The first-order valence-corrected chi connectivity index (χ1v) is 8.18. The van der Waals surface area contributed by atoms with E-state index in [9.17, 15) is 4.79 Å². The zero-order valence-electron chi connectivity index (χ0n) is 13.5. The first-order chi connectivity index (χ1) is 12.5. The number of methoxy groups -OCH3 is 1. The third kappa shape index (κ3) is 4.38. The number of benzene rings is 2. The van der Waals surface area contributed by atoms with Gasteiger partial charge >= 0.3 is 5.97 Å². The number of esters is 1. The Balaban J connectivity index is 1.72. The molecule has 7 nitrogen and oxygen atoms in total. The van der Waals surface area contributed by atoms with E-state index in [-0.39, 0.29) is 0 Å². The molecular formula is C17H13Cl2N5O2. The molecule has 0 bridgehead atoms. The van der Waals surface area contributed by atoms with Crippen molar-refractivity contribution in [2.24, 2.45) is 0 Å². The van der Waals surface area contributed by atoms with Gasteiger partial charge in [0.2, 0.25) is 5.95 Å². The monoisotopic (exact) mass is 389 g/mol. The second-order valence-electron chi connectivity index (χ2n) is 5.11. The third-order valence-corrected chi connectivity index (χ3v) is 4.05. The molecule has 1 aromatic heterocycles.